The minimum Gasteiger partial charge on any atom is -0.368 e. The van der Waals surface area contributed by atoms with Crippen LogP contribution in [0.5, 0.6) is 0 Å². The Balaban J connectivity index is 1.45. The van der Waals surface area contributed by atoms with Gasteiger partial charge >= 0.3 is 0 Å². The second-order valence-corrected chi connectivity index (χ2v) is 8.72. The summed E-state index contributed by atoms with van der Waals surface area (Å²) in [5.41, 5.74) is 1.16. The summed E-state index contributed by atoms with van der Waals surface area (Å²) in [5.74, 6) is 0.167. The number of rotatable bonds is 6. The number of piperazine rings is 1. The van der Waals surface area contributed by atoms with Gasteiger partial charge in [-0.15, -0.1) is 0 Å². The SMILES string of the molecule is O=C(C1CCCO1)N1CCN(S(=O)(=O)CCCc2ccccc2)CC1. The molecule has 25 heavy (non-hydrogen) atoms. The van der Waals surface area contributed by atoms with Gasteiger partial charge in [0.25, 0.3) is 5.91 Å². The summed E-state index contributed by atoms with van der Waals surface area (Å²) >= 11 is 0. The maximum absolute atomic E-state index is 12.5. The fraction of sp³-hybridized carbons (Fsp3) is 0.611. The molecule has 3 rings (SSSR count). The topological polar surface area (TPSA) is 66.9 Å². The van der Waals surface area contributed by atoms with E-state index in [9.17, 15) is 13.2 Å². The van der Waals surface area contributed by atoms with Crippen LogP contribution in [0, 0.1) is 0 Å². The highest BCUT2D eigenvalue weighted by Crippen LogP contribution is 2.17. The molecule has 2 fully saturated rings. The Morgan fingerprint density at radius 2 is 1.84 bits per heavy atom. The molecule has 0 N–H and O–H groups in total. The quantitative estimate of drug-likeness (QED) is 0.760. The van der Waals surface area contributed by atoms with E-state index in [-0.39, 0.29) is 17.8 Å². The molecule has 1 aromatic carbocycles. The normalized spacial score (nSPS) is 22.2. The summed E-state index contributed by atoms with van der Waals surface area (Å²) in [5, 5.41) is 0. The summed E-state index contributed by atoms with van der Waals surface area (Å²) in [6, 6.07) is 9.92. The van der Waals surface area contributed by atoms with E-state index >= 15 is 0 Å². The Morgan fingerprint density at radius 3 is 2.48 bits per heavy atom. The highest BCUT2D eigenvalue weighted by molar-refractivity contribution is 7.89. The smallest absolute Gasteiger partial charge is 0.251 e. The van der Waals surface area contributed by atoms with E-state index in [1.165, 1.54) is 4.31 Å². The van der Waals surface area contributed by atoms with E-state index in [0.29, 0.717) is 39.2 Å². The monoisotopic (exact) mass is 366 g/mol. The third-order valence-corrected chi connectivity index (χ3v) is 6.82. The summed E-state index contributed by atoms with van der Waals surface area (Å²) in [6.45, 7) is 2.32. The molecule has 0 aromatic heterocycles. The number of hydrogen-bond acceptors (Lipinski definition) is 4. The number of nitrogens with zero attached hydrogens (tertiary/aromatic N) is 2. The lowest BCUT2D eigenvalue weighted by Gasteiger charge is -2.35. The molecule has 0 aliphatic carbocycles. The van der Waals surface area contributed by atoms with E-state index in [1.807, 2.05) is 30.3 Å². The van der Waals surface area contributed by atoms with Crippen LogP contribution in [0.1, 0.15) is 24.8 Å². The molecule has 0 bridgehead atoms. The Kier molecular flexibility index (Phi) is 6.09. The number of sulfonamides is 1. The first-order valence-corrected chi connectivity index (χ1v) is 10.6. The number of amides is 1. The summed E-state index contributed by atoms with van der Waals surface area (Å²) < 4.78 is 32.0. The van der Waals surface area contributed by atoms with Gasteiger partial charge in [-0.2, -0.15) is 4.31 Å². The van der Waals surface area contributed by atoms with E-state index in [1.54, 1.807) is 4.90 Å². The third-order valence-electron chi connectivity index (χ3n) is 4.86. The molecule has 1 atom stereocenters. The van der Waals surface area contributed by atoms with Gasteiger partial charge in [0, 0.05) is 32.8 Å². The molecule has 0 saturated carbocycles. The van der Waals surface area contributed by atoms with Crippen LogP contribution in [-0.2, 0) is 26.0 Å². The van der Waals surface area contributed by atoms with Crippen LogP contribution in [0.2, 0.25) is 0 Å². The molecule has 2 saturated heterocycles. The van der Waals surface area contributed by atoms with Gasteiger partial charge in [-0.25, -0.2) is 8.42 Å². The lowest BCUT2D eigenvalue weighted by molar-refractivity contribution is -0.142. The molecule has 2 heterocycles. The molecular formula is C18H26N2O4S. The van der Waals surface area contributed by atoms with Crippen molar-refractivity contribution in [1.82, 2.24) is 9.21 Å². The number of hydrogen-bond donors (Lipinski definition) is 0. The summed E-state index contributed by atoms with van der Waals surface area (Å²) in [7, 11) is -3.26. The largest absolute Gasteiger partial charge is 0.368 e. The summed E-state index contributed by atoms with van der Waals surface area (Å²) in [6.07, 6.45) is 2.75. The maximum Gasteiger partial charge on any atom is 0.251 e. The van der Waals surface area contributed by atoms with Crippen LogP contribution in [0.3, 0.4) is 0 Å². The van der Waals surface area contributed by atoms with Crippen molar-refractivity contribution in [3.8, 4) is 0 Å². The van der Waals surface area contributed by atoms with Gasteiger partial charge in [0.1, 0.15) is 6.10 Å². The Morgan fingerprint density at radius 1 is 1.12 bits per heavy atom. The van der Waals surface area contributed by atoms with Crippen molar-refractivity contribution in [3.63, 3.8) is 0 Å². The van der Waals surface area contributed by atoms with E-state index < -0.39 is 10.0 Å². The molecular weight excluding hydrogens is 340 g/mol. The third kappa shape index (κ3) is 4.80. The van der Waals surface area contributed by atoms with Crippen LogP contribution in [0.15, 0.2) is 30.3 Å². The molecule has 2 aliphatic rings. The zero-order valence-corrected chi connectivity index (χ0v) is 15.3. The van der Waals surface area contributed by atoms with Crippen molar-refractivity contribution in [2.45, 2.75) is 31.8 Å². The van der Waals surface area contributed by atoms with Crippen LogP contribution >= 0.6 is 0 Å². The lowest BCUT2D eigenvalue weighted by Crippen LogP contribution is -2.53. The number of aryl methyl sites for hydroxylation is 1. The zero-order chi connectivity index (χ0) is 17.7. The first-order valence-electron chi connectivity index (χ1n) is 8.98. The fourth-order valence-corrected chi connectivity index (χ4v) is 4.88. The molecule has 6 nitrogen and oxygen atoms in total. The standard InChI is InChI=1S/C18H26N2O4S/c21-18(17-9-4-14-24-17)19-10-12-20(13-11-19)25(22,23)15-5-8-16-6-2-1-3-7-16/h1-3,6-7,17H,4-5,8-15H2. The van der Waals surface area contributed by atoms with Gasteiger partial charge in [0.05, 0.1) is 5.75 Å². The van der Waals surface area contributed by atoms with Crippen molar-refractivity contribution >= 4 is 15.9 Å². The second-order valence-electron chi connectivity index (χ2n) is 6.63. The van der Waals surface area contributed by atoms with E-state index in [2.05, 4.69) is 0 Å². The molecule has 7 heteroatoms. The average Bonchev–Trinajstić information content (AvgIpc) is 3.17. The Labute approximate surface area is 149 Å². The highest BCUT2D eigenvalue weighted by Gasteiger charge is 2.33. The van der Waals surface area contributed by atoms with Crippen molar-refractivity contribution in [1.29, 1.82) is 0 Å². The second kappa shape index (κ2) is 8.29. The van der Waals surface area contributed by atoms with Gasteiger partial charge < -0.3 is 9.64 Å². The molecule has 1 aromatic rings. The Hall–Kier alpha value is -1.44. The molecule has 1 unspecified atom stereocenters. The number of ether oxygens (including phenoxy) is 1. The van der Waals surface area contributed by atoms with Crippen molar-refractivity contribution in [2.75, 3.05) is 38.5 Å². The van der Waals surface area contributed by atoms with Crippen LogP contribution in [0.25, 0.3) is 0 Å². The lowest BCUT2D eigenvalue weighted by atomic mass is 10.1. The number of benzene rings is 1. The van der Waals surface area contributed by atoms with Crippen LogP contribution in [-0.4, -0.2) is 68.2 Å². The van der Waals surface area contributed by atoms with Gasteiger partial charge in [0.2, 0.25) is 10.0 Å². The zero-order valence-electron chi connectivity index (χ0n) is 14.5. The predicted octanol–water partition coefficient (Wildman–Crippen LogP) is 1.27. The molecule has 138 valence electrons. The van der Waals surface area contributed by atoms with E-state index in [4.69, 9.17) is 4.74 Å². The van der Waals surface area contributed by atoms with Gasteiger partial charge in [-0.05, 0) is 31.2 Å². The van der Waals surface area contributed by atoms with Crippen molar-refractivity contribution < 1.29 is 17.9 Å². The number of carbonyl (C=O) groups excluding carboxylic acids is 1. The number of carbonyl (C=O) groups is 1. The fourth-order valence-electron chi connectivity index (χ4n) is 3.40. The average molecular weight is 366 g/mol. The van der Waals surface area contributed by atoms with Crippen molar-refractivity contribution in [2.24, 2.45) is 0 Å². The van der Waals surface area contributed by atoms with Crippen molar-refractivity contribution in [3.05, 3.63) is 35.9 Å². The predicted molar refractivity (Wildman–Crippen MR) is 95.7 cm³/mol. The van der Waals surface area contributed by atoms with Crippen LogP contribution in [0.4, 0.5) is 0 Å². The minimum absolute atomic E-state index is 0.0126. The van der Waals surface area contributed by atoms with Gasteiger partial charge in [0.15, 0.2) is 0 Å². The van der Waals surface area contributed by atoms with Gasteiger partial charge in [-0.1, -0.05) is 30.3 Å². The van der Waals surface area contributed by atoms with Crippen LogP contribution < -0.4 is 0 Å². The summed E-state index contributed by atoms with van der Waals surface area (Å²) in [4.78, 5) is 14.1. The van der Waals surface area contributed by atoms with Gasteiger partial charge in [-0.3, -0.25) is 4.79 Å². The molecule has 0 radical (unpaired) electrons. The van der Waals surface area contributed by atoms with E-state index in [0.717, 1.165) is 24.8 Å². The maximum atomic E-state index is 12.5. The molecule has 0 spiro atoms. The first-order chi connectivity index (χ1) is 12.1. The highest BCUT2D eigenvalue weighted by atomic mass is 32.2. The Bertz CT molecular complexity index is 664. The molecule has 2 aliphatic heterocycles. The minimum atomic E-state index is -3.26. The first kappa shape index (κ1) is 18.4. The molecule has 1 amide bonds.